The van der Waals surface area contributed by atoms with Gasteiger partial charge in [-0.05, 0) is 51.4 Å². The molecule has 3 rings (SSSR count). The summed E-state index contributed by atoms with van der Waals surface area (Å²) >= 11 is 0. The molecule has 3 aromatic rings. The second-order valence-electron chi connectivity index (χ2n) is 6.16. The number of hydrogen-bond donors (Lipinski definition) is 1. The highest BCUT2D eigenvalue weighted by atomic mass is 16.3. The number of hydrogen-bond acceptors (Lipinski definition) is 4. The van der Waals surface area contributed by atoms with Crippen LogP contribution in [0.3, 0.4) is 0 Å². The molecule has 122 valence electrons. The van der Waals surface area contributed by atoms with E-state index in [0.29, 0.717) is 12.1 Å². The molecule has 2 aromatic heterocycles. The van der Waals surface area contributed by atoms with Crippen LogP contribution in [0.25, 0.3) is 11.1 Å². The largest absolute Gasteiger partial charge is 0.441 e. The smallest absolute Gasteiger partial charge is 0.195 e. The van der Waals surface area contributed by atoms with Crippen molar-refractivity contribution in [2.75, 3.05) is 6.54 Å². The number of rotatable bonds is 7. The highest BCUT2D eigenvalue weighted by Crippen LogP contribution is 2.16. The zero-order chi connectivity index (χ0) is 16.2. The molecule has 0 bridgehead atoms. The molecule has 5 nitrogen and oxygen atoms in total. The highest BCUT2D eigenvalue weighted by molar-refractivity contribution is 5.72. The van der Waals surface area contributed by atoms with Crippen LogP contribution in [0, 0.1) is 6.92 Å². The number of oxazole rings is 1. The summed E-state index contributed by atoms with van der Waals surface area (Å²) in [6.07, 6.45) is 5.84. The van der Waals surface area contributed by atoms with Crippen molar-refractivity contribution in [2.24, 2.45) is 0 Å². The van der Waals surface area contributed by atoms with Gasteiger partial charge in [-0.15, -0.1) is 0 Å². The minimum atomic E-state index is 0.327. The maximum atomic E-state index is 5.74. The van der Waals surface area contributed by atoms with E-state index in [-0.39, 0.29) is 0 Å². The van der Waals surface area contributed by atoms with E-state index in [2.05, 4.69) is 42.4 Å². The van der Waals surface area contributed by atoms with Gasteiger partial charge in [0.2, 0.25) is 0 Å². The van der Waals surface area contributed by atoms with Crippen molar-refractivity contribution in [1.29, 1.82) is 0 Å². The molecule has 1 aromatic carbocycles. The molecule has 2 atom stereocenters. The third-order valence-corrected chi connectivity index (χ3v) is 4.24. The van der Waals surface area contributed by atoms with Crippen molar-refractivity contribution < 1.29 is 4.42 Å². The molecular weight excluding hydrogens is 288 g/mol. The topological polar surface area (TPSA) is 55.9 Å². The van der Waals surface area contributed by atoms with Crippen LogP contribution in [-0.4, -0.2) is 27.4 Å². The van der Waals surface area contributed by atoms with Crippen molar-refractivity contribution in [3.05, 3.63) is 48.1 Å². The van der Waals surface area contributed by atoms with Crippen LogP contribution in [0.4, 0.5) is 0 Å². The fourth-order valence-corrected chi connectivity index (χ4v) is 2.65. The van der Waals surface area contributed by atoms with Gasteiger partial charge in [0.25, 0.3) is 0 Å². The second-order valence-corrected chi connectivity index (χ2v) is 6.16. The van der Waals surface area contributed by atoms with Crippen LogP contribution in [0.2, 0.25) is 0 Å². The monoisotopic (exact) mass is 312 g/mol. The molecule has 2 heterocycles. The number of benzene rings is 1. The number of aromatic nitrogens is 3. The van der Waals surface area contributed by atoms with Gasteiger partial charge in [-0.25, -0.2) is 4.98 Å². The molecule has 0 saturated carbocycles. The first kappa shape index (κ1) is 15.7. The van der Waals surface area contributed by atoms with Crippen molar-refractivity contribution in [3.63, 3.8) is 0 Å². The Morgan fingerprint density at radius 3 is 2.83 bits per heavy atom. The third kappa shape index (κ3) is 3.79. The summed E-state index contributed by atoms with van der Waals surface area (Å²) in [5.41, 5.74) is 3.00. The Bertz CT molecular complexity index is 728. The van der Waals surface area contributed by atoms with E-state index < -0.39 is 0 Å². The summed E-state index contributed by atoms with van der Waals surface area (Å²) in [6, 6.07) is 8.58. The normalized spacial score (nSPS) is 14.2. The van der Waals surface area contributed by atoms with Gasteiger partial charge in [0.15, 0.2) is 11.5 Å². The molecule has 0 aliphatic carbocycles. The van der Waals surface area contributed by atoms with Crippen LogP contribution >= 0.6 is 0 Å². The Kier molecular flexibility index (Phi) is 4.76. The predicted molar refractivity (Wildman–Crippen MR) is 91.5 cm³/mol. The van der Waals surface area contributed by atoms with Gasteiger partial charge in [0, 0.05) is 18.7 Å². The van der Waals surface area contributed by atoms with Crippen LogP contribution in [0.15, 0.2) is 41.1 Å². The Balaban J connectivity index is 1.45. The highest BCUT2D eigenvalue weighted by Gasteiger charge is 2.14. The standard InChI is InChI=1S/C18H24N4O/c1-13-11-20-22(12-13)15(3)14(2)19-10-6-9-18-21-16-7-4-5-8-17(16)23-18/h4-5,7-8,11-12,14-15,19H,6,9-10H2,1-3H3/t14-,15+/m1/s1. The Morgan fingerprint density at radius 2 is 2.09 bits per heavy atom. The summed E-state index contributed by atoms with van der Waals surface area (Å²) in [5.74, 6) is 0.816. The molecule has 0 aliphatic heterocycles. The fraction of sp³-hybridized carbons (Fsp3) is 0.444. The lowest BCUT2D eigenvalue weighted by Gasteiger charge is -2.21. The van der Waals surface area contributed by atoms with Gasteiger partial charge >= 0.3 is 0 Å². The minimum absolute atomic E-state index is 0.327. The fourth-order valence-electron chi connectivity index (χ4n) is 2.65. The van der Waals surface area contributed by atoms with Gasteiger partial charge in [-0.1, -0.05) is 12.1 Å². The van der Waals surface area contributed by atoms with Crippen LogP contribution in [0.5, 0.6) is 0 Å². The molecule has 0 amide bonds. The first-order chi connectivity index (χ1) is 11.1. The van der Waals surface area contributed by atoms with E-state index >= 15 is 0 Å². The minimum Gasteiger partial charge on any atom is -0.441 e. The van der Waals surface area contributed by atoms with Gasteiger partial charge in [0.1, 0.15) is 5.52 Å². The van der Waals surface area contributed by atoms with Crippen LogP contribution in [0.1, 0.15) is 37.8 Å². The SMILES string of the molecule is Cc1cnn([C@@H](C)[C@@H](C)NCCCc2nc3ccccc3o2)c1. The molecule has 0 aliphatic rings. The van der Waals surface area contributed by atoms with E-state index in [4.69, 9.17) is 4.42 Å². The number of nitrogens with zero attached hydrogens (tertiary/aromatic N) is 3. The Morgan fingerprint density at radius 1 is 1.26 bits per heavy atom. The summed E-state index contributed by atoms with van der Waals surface area (Å²) in [6.45, 7) is 7.38. The number of aryl methyl sites for hydroxylation is 2. The maximum absolute atomic E-state index is 5.74. The zero-order valence-corrected chi connectivity index (χ0v) is 14.0. The van der Waals surface area contributed by atoms with E-state index in [1.165, 1.54) is 5.56 Å². The summed E-state index contributed by atoms with van der Waals surface area (Å²) < 4.78 is 7.76. The molecule has 0 unspecified atom stereocenters. The second kappa shape index (κ2) is 6.96. The summed E-state index contributed by atoms with van der Waals surface area (Å²) in [4.78, 5) is 4.51. The van der Waals surface area contributed by atoms with Crippen molar-refractivity contribution >= 4 is 11.1 Å². The molecule has 5 heteroatoms. The summed E-state index contributed by atoms with van der Waals surface area (Å²) in [5, 5.41) is 7.95. The zero-order valence-electron chi connectivity index (χ0n) is 14.0. The lowest BCUT2D eigenvalue weighted by Crippen LogP contribution is -2.34. The first-order valence-corrected chi connectivity index (χ1v) is 8.22. The van der Waals surface area contributed by atoms with E-state index in [1.54, 1.807) is 0 Å². The lowest BCUT2D eigenvalue weighted by atomic mass is 10.1. The average molecular weight is 312 g/mol. The van der Waals surface area contributed by atoms with Crippen LogP contribution < -0.4 is 5.32 Å². The maximum Gasteiger partial charge on any atom is 0.195 e. The number of fused-ring (bicyclic) bond motifs is 1. The van der Waals surface area contributed by atoms with E-state index in [0.717, 1.165) is 36.4 Å². The predicted octanol–water partition coefficient (Wildman–Crippen LogP) is 3.50. The third-order valence-electron chi connectivity index (χ3n) is 4.24. The molecule has 0 spiro atoms. The Hall–Kier alpha value is -2.14. The van der Waals surface area contributed by atoms with Gasteiger partial charge in [-0.3, -0.25) is 4.68 Å². The van der Waals surface area contributed by atoms with E-state index in [1.807, 2.05) is 35.1 Å². The van der Waals surface area contributed by atoms with Crippen molar-refractivity contribution in [3.8, 4) is 0 Å². The van der Waals surface area contributed by atoms with Crippen molar-refractivity contribution in [2.45, 2.75) is 45.7 Å². The quantitative estimate of drug-likeness (QED) is 0.678. The lowest BCUT2D eigenvalue weighted by molar-refractivity contribution is 0.363. The molecule has 0 radical (unpaired) electrons. The molecule has 1 N–H and O–H groups in total. The van der Waals surface area contributed by atoms with Crippen LogP contribution in [-0.2, 0) is 6.42 Å². The van der Waals surface area contributed by atoms with E-state index in [9.17, 15) is 0 Å². The molecule has 0 fully saturated rings. The van der Waals surface area contributed by atoms with Gasteiger partial charge in [0.05, 0.1) is 12.2 Å². The molecule has 0 saturated heterocycles. The van der Waals surface area contributed by atoms with Gasteiger partial charge in [-0.2, -0.15) is 5.10 Å². The summed E-state index contributed by atoms with van der Waals surface area (Å²) in [7, 11) is 0. The first-order valence-electron chi connectivity index (χ1n) is 8.22. The van der Waals surface area contributed by atoms with Gasteiger partial charge < -0.3 is 9.73 Å². The van der Waals surface area contributed by atoms with Crippen molar-refractivity contribution in [1.82, 2.24) is 20.1 Å². The number of nitrogens with one attached hydrogen (secondary N) is 1. The average Bonchev–Trinajstić information content (AvgIpc) is 3.16. The number of para-hydroxylation sites is 2. The molecular formula is C18H24N4O. The molecule has 23 heavy (non-hydrogen) atoms. The Labute approximate surface area is 136 Å².